The quantitative estimate of drug-likeness (QED) is 0.573. The summed E-state index contributed by atoms with van der Waals surface area (Å²) in [7, 11) is 0. The number of hydrogen-bond acceptors (Lipinski definition) is 4. The van der Waals surface area contributed by atoms with Crippen LogP contribution in [-0.2, 0) is 22.4 Å². The molecule has 2 amide bonds. The van der Waals surface area contributed by atoms with Crippen LogP contribution in [0.1, 0.15) is 51.2 Å². The molecule has 0 radical (unpaired) electrons. The Bertz CT molecular complexity index is 900. The monoisotopic (exact) mass is 438 g/mol. The van der Waals surface area contributed by atoms with E-state index in [4.69, 9.17) is 9.47 Å². The highest BCUT2D eigenvalue weighted by atomic mass is 16.7. The summed E-state index contributed by atoms with van der Waals surface area (Å²) in [6.45, 7) is 6.72. The zero-order valence-corrected chi connectivity index (χ0v) is 19.3. The largest absolute Gasteiger partial charge is 0.454 e. The molecule has 6 nitrogen and oxygen atoms in total. The van der Waals surface area contributed by atoms with Crippen molar-refractivity contribution in [1.29, 1.82) is 0 Å². The average molecular weight is 439 g/mol. The molecule has 0 fully saturated rings. The first-order valence-corrected chi connectivity index (χ1v) is 11.5. The van der Waals surface area contributed by atoms with Gasteiger partial charge >= 0.3 is 0 Å². The summed E-state index contributed by atoms with van der Waals surface area (Å²) in [6.07, 6.45) is 3.06. The van der Waals surface area contributed by atoms with Crippen LogP contribution in [0.4, 0.5) is 0 Å². The van der Waals surface area contributed by atoms with Gasteiger partial charge in [0, 0.05) is 19.0 Å². The van der Waals surface area contributed by atoms with Crippen molar-refractivity contribution in [3.8, 4) is 11.5 Å². The summed E-state index contributed by atoms with van der Waals surface area (Å²) in [5, 5.41) is 3.05. The number of benzene rings is 2. The minimum absolute atomic E-state index is 0.00949. The predicted octanol–water partition coefficient (Wildman–Crippen LogP) is 4.11. The molecule has 32 heavy (non-hydrogen) atoms. The third-order valence-electron chi connectivity index (χ3n) is 5.94. The fourth-order valence-electron chi connectivity index (χ4n) is 3.83. The Balaban J connectivity index is 1.70. The zero-order chi connectivity index (χ0) is 22.9. The number of aryl methyl sites for hydroxylation is 1. The third-order valence-corrected chi connectivity index (χ3v) is 5.94. The van der Waals surface area contributed by atoms with Crippen molar-refractivity contribution in [3.63, 3.8) is 0 Å². The summed E-state index contributed by atoms with van der Waals surface area (Å²) < 4.78 is 10.8. The topological polar surface area (TPSA) is 67.9 Å². The molecule has 2 aromatic rings. The fraction of sp³-hybridized carbons (Fsp3) is 0.462. The third kappa shape index (κ3) is 6.25. The normalized spacial score (nSPS) is 14.0. The Hall–Kier alpha value is -3.02. The van der Waals surface area contributed by atoms with Crippen LogP contribution in [0.3, 0.4) is 0 Å². The van der Waals surface area contributed by atoms with Gasteiger partial charge < -0.3 is 19.7 Å². The lowest BCUT2D eigenvalue weighted by atomic mass is 10.0. The van der Waals surface area contributed by atoms with E-state index in [9.17, 15) is 9.59 Å². The molecule has 0 unspecified atom stereocenters. The number of fused-ring (bicyclic) bond motifs is 1. The van der Waals surface area contributed by atoms with Gasteiger partial charge in [0.15, 0.2) is 11.5 Å². The first-order chi connectivity index (χ1) is 15.5. The van der Waals surface area contributed by atoms with Crippen LogP contribution in [0.2, 0.25) is 0 Å². The van der Waals surface area contributed by atoms with Crippen LogP contribution >= 0.6 is 0 Å². The van der Waals surface area contributed by atoms with E-state index in [2.05, 4.69) is 17.4 Å². The van der Waals surface area contributed by atoms with Crippen molar-refractivity contribution in [2.45, 2.75) is 65.0 Å². The molecule has 0 aliphatic carbocycles. The number of carbonyl (C=O) groups excluding carboxylic acids is 2. The molecule has 2 aromatic carbocycles. The lowest BCUT2D eigenvalue weighted by Crippen LogP contribution is -2.51. The van der Waals surface area contributed by atoms with E-state index >= 15 is 0 Å². The van der Waals surface area contributed by atoms with E-state index in [1.54, 1.807) is 4.90 Å². The highest BCUT2D eigenvalue weighted by molar-refractivity contribution is 5.88. The molecule has 0 spiro atoms. The minimum atomic E-state index is -0.475. The van der Waals surface area contributed by atoms with E-state index in [-0.39, 0.29) is 24.6 Å². The van der Waals surface area contributed by atoms with Gasteiger partial charge in [0.05, 0.1) is 0 Å². The van der Waals surface area contributed by atoms with Gasteiger partial charge in [-0.1, -0.05) is 50.2 Å². The lowest BCUT2D eigenvalue weighted by molar-refractivity contribution is -0.141. The molecule has 0 aromatic heterocycles. The van der Waals surface area contributed by atoms with E-state index < -0.39 is 6.04 Å². The van der Waals surface area contributed by atoms with Crippen LogP contribution in [0, 0.1) is 0 Å². The van der Waals surface area contributed by atoms with Crippen LogP contribution in [0.15, 0.2) is 48.5 Å². The molecule has 1 heterocycles. The number of rotatable bonds is 11. The first kappa shape index (κ1) is 23.6. The maximum absolute atomic E-state index is 13.3. The Morgan fingerprint density at radius 3 is 2.44 bits per heavy atom. The van der Waals surface area contributed by atoms with Crippen molar-refractivity contribution in [2.75, 3.05) is 13.3 Å². The minimum Gasteiger partial charge on any atom is -0.454 e. The Labute approximate surface area is 190 Å². The lowest BCUT2D eigenvalue weighted by Gasteiger charge is -2.31. The van der Waals surface area contributed by atoms with Crippen molar-refractivity contribution in [2.24, 2.45) is 0 Å². The van der Waals surface area contributed by atoms with Gasteiger partial charge in [-0.05, 0) is 55.9 Å². The second kappa shape index (κ2) is 11.6. The van der Waals surface area contributed by atoms with Gasteiger partial charge in [0.1, 0.15) is 6.04 Å². The van der Waals surface area contributed by atoms with Crippen molar-refractivity contribution in [3.05, 3.63) is 59.7 Å². The summed E-state index contributed by atoms with van der Waals surface area (Å²) >= 11 is 0. The maximum atomic E-state index is 13.3. The fourth-order valence-corrected chi connectivity index (χ4v) is 3.83. The molecule has 1 aliphatic rings. The molecular formula is C26H34N2O4. The van der Waals surface area contributed by atoms with Gasteiger partial charge in [0.2, 0.25) is 18.6 Å². The number of hydrogen-bond donors (Lipinski definition) is 1. The van der Waals surface area contributed by atoms with E-state index in [1.807, 2.05) is 57.2 Å². The molecule has 3 rings (SSSR count). The molecule has 0 saturated heterocycles. The van der Waals surface area contributed by atoms with Crippen LogP contribution in [0.25, 0.3) is 0 Å². The van der Waals surface area contributed by atoms with Crippen molar-refractivity contribution < 1.29 is 19.1 Å². The molecule has 1 aliphatic heterocycles. The standard InChI is InChI=1S/C26H34N2O4/c1-4-19(3)27-26(30)22(5-2)28(16-15-20-9-7-6-8-10-20)25(29)14-12-21-11-13-23-24(17-21)32-18-31-23/h6-11,13,17,19,22H,4-5,12,14-16,18H2,1-3H3,(H,27,30)/t19-,22+/m1/s1. The molecule has 6 heteroatoms. The number of carbonyl (C=O) groups is 2. The highest BCUT2D eigenvalue weighted by Crippen LogP contribution is 2.32. The van der Waals surface area contributed by atoms with Gasteiger partial charge in [0.25, 0.3) is 0 Å². The van der Waals surface area contributed by atoms with Gasteiger partial charge in [-0.25, -0.2) is 0 Å². The summed E-state index contributed by atoms with van der Waals surface area (Å²) in [5.41, 5.74) is 2.17. The number of nitrogens with zero attached hydrogens (tertiary/aromatic N) is 1. The van der Waals surface area contributed by atoms with E-state index in [0.29, 0.717) is 32.2 Å². The second-order valence-corrected chi connectivity index (χ2v) is 8.25. The van der Waals surface area contributed by atoms with E-state index in [1.165, 1.54) is 0 Å². The molecular weight excluding hydrogens is 404 g/mol. The summed E-state index contributed by atoms with van der Waals surface area (Å²) in [5.74, 6) is 1.36. The first-order valence-electron chi connectivity index (χ1n) is 11.5. The summed E-state index contributed by atoms with van der Waals surface area (Å²) in [6, 6.07) is 15.4. The molecule has 1 N–H and O–H groups in total. The second-order valence-electron chi connectivity index (χ2n) is 8.25. The molecule has 172 valence electrons. The molecule has 0 saturated carbocycles. The molecule has 2 atom stereocenters. The Morgan fingerprint density at radius 1 is 0.969 bits per heavy atom. The summed E-state index contributed by atoms with van der Waals surface area (Å²) in [4.78, 5) is 28.1. The Kier molecular flexibility index (Phi) is 8.54. The molecule has 0 bridgehead atoms. The number of amides is 2. The van der Waals surface area contributed by atoms with Gasteiger partial charge in [-0.15, -0.1) is 0 Å². The van der Waals surface area contributed by atoms with Crippen LogP contribution < -0.4 is 14.8 Å². The van der Waals surface area contributed by atoms with Crippen molar-refractivity contribution >= 4 is 11.8 Å². The zero-order valence-electron chi connectivity index (χ0n) is 19.3. The SMILES string of the molecule is CC[C@@H](C)NC(=O)[C@H](CC)N(CCc1ccccc1)C(=O)CCc1ccc2c(c1)OCO2. The average Bonchev–Trinajstić information content (AvgIpc) is 3.28. The highest BCUT2D eigenvalue weighted by Gasteiger charge is 2.28. The van der Waals surface area contributed by atoms with Crippen LogP contribution in [-0.4, -0.2) is 42.1 Å². The predicted molar refractivity (Wildman–Crippen MR) is 125 cm³/mol. The van der Waals surface area contributed by atoms with E-state index in [0.717, 1.165) is 29.0 Å². The number of ether oxygens (including phenoxy) is 2. The van der Waals surface area contributed by atoms with Gasteiger partial charge in [-0.3, -0.25) is 9.59 Å². The Morgan fingerprint density at radius 2 is 1.72 bits per heavy atom. The van der Waals surface area contributed by atoms with Crippen molar-refractivity contribution in [1.82, 2.24) is 10.2 Å². The van der Waals surface area contributed by atoms with Gasteiger partial charge in [-0.2, -0.15) is 0 Å². The number of nitrogens with one attached hydrogen (secondary N) is 1. The van der Waals surface area contributed by atoms with Crippen LogP contribution in [0.5, 0.6) is 11.5 Å². The smallest absolute Gasteiger partial charge is 0.243 e. The maximum Gasteiger partial charge on any atom is 0.243 e.